The van der Waals surface area contributed by atoms with E-state index in [4.69, 9.17) is 42.4 Å². The predicted octanol–water partition coefficient (Wildman–Crippen LogP) is 8.15. The monoisotopic (exact) mass is 501 g/mol. The summed E-state index contributed by atoms with van der Waals surface area (Å²) in [5.74, 6) is 1.51. The Labute approximate surface area is 210 Å². The van der Waals surface area contributed by atoms with E-state index in [0.29, 0.717) is 40.1 Å². The third kappa shape index (κ3) is 5.83. The van der Waals surface area contributed by atoms with Gasteiger partial charge in [-0.1, -0.05) is 56.6 Å². The summed E-state index contributed by atoms with van der Waals surface area (Å²) in [5.41, 5.74) is 5.68. The van der Waals surface area contributed by atoms with Crippen LogP contribution in [0.4, 0.5) is 0 Å². The molecule has 0 bridgehead atoms. The second-order valence-corrected chi connectivity index (χ2v) is 9.28. The number of benzene rings is 2. The van der Waals surface area contributed by atoms with Crippen molar-refractivity contribution in [2.24, 2.45) is 0 Å². The number of hydrogen-bond acceptors (Lipinski definition) is 5. The Bertz CT molecular complexity index is 1210. The molecule has 0 saturated carbocycles. The van der Waals surface area contributed by atoms with E-state index in [1.807, 2.05) is 19.1 Å². The van der Waals surface area contributed by atoms with Gasteiger partial charge in [0.05, 0.1) is 16.3 Å². The maximum absolute atomic E-state index is 11.1. The molecule has 34 heavy (non-hydrogen) atoms. The number of rotatable bonds is 9. The number of carbonyl (C=O) groups excluding carboxylic acids is 1. The molecule has 0 spiro atoms. The highest BCUT2D eigenvalue weighted by Crippen LogP contribution is 2.35. The summed E-state index contributed by atoms with van der Waals surface area (Å²) in [4.78, 5) is 25.8. The second-order valence-electron chi connectivity index (χ2n) is 8.44. The summed E-state index contributed by atoms with van der Waals surface area (Å²) in [5, 5.41) is 1.06. The fraction of sp³-hybridized carbons (Fsp3) is 0.333. The van der Waals surface area contributed by atoms with Gasteiger partial charge in [0.1, 0.15) is 5.76 Å². The molecule has 0 aliphatic rings. The van der Waals surface area contributed by atoms with E-state index < -0.39 is 5.97 Å². The molecule has 0 atom stereocenters. The Hall–Kier alpha value is -2.76. The van der Waals surface area contributed by atoms with Gasteiger partial charge in [0.25, 0.3) is 0 Å². The molecule has 0 aliphatic heterocycles. The van der Waals surface area contributed by atoms with Crippen LogP contribution in [0.1, 0.15) is 68.2 Å². The lowest BCUT2D eigenvalue weighted by atomic mass is 9.91. The first-order valence-electron chi connectivity index (χ1n) is 11.2. The van der Waals surface area contributed by atoms with E-state index in [-0.39, 0.29) is 5.92 Å². The van der Waals surface area contributed by atoms with Crippen molar-refractivity contribution in [2.75, 3.05) is 0 Å². The predicted molar refractivity (Wildman–Crippen MR) is 136 cm³/mol. The fourth-order valence-corrected chi connectivity index (χ4v) is 4.38. The molecule has 0 fully saturated rings. The zero-order chi connectivity index (χ0) is 25.0. The molecule has 0 aliphatic carbocycles. The molecule has 3 rings (SSSR count). The summed E-state index contributed by atoms with van der Waals surface area (Å²) < 4.78 is 6.12. The zero-order valence-corrected chi connectivity index (χ0v) is 21.6. The van der Waals surface area contributed by atoms with Crippen LogP contribution < -0.4 is 4.89 Å². The van der Waals surface area contributed by atoms with E-state index in [2.05, 4.69) is 27.4 Å². The number of halogens is 2. The average molecular weight is 502 g/mol. The van der Waals surface area contributed by atoms with Crippen LogP contribution in [-0.2, 0) is 22.5 Å². The van der Waals surface area contributed by atoms with Gasteiger partial charge in [0.15, 0.2) is 5.75 Å². The number of aromatic nitrogens is 1. The van der Waals surface area contributed by atoms with Crippen LogP contribution >= 0.6 is 23.2 Å². The van der Waals surface area contributed by atoms with E-state index in [0.717, 1.165) is 40.1 Å². The van der Waals surface area contributed by atoms with Gasteiger partial charge in [-0.15, -0.1) is 0 Å². The van der Waals surface area contributed by atoms with Gasteiger partial charge in [-0.3, -0.25) is 9.78 Å². The topological polar surface area (TPSA) is 61.6 Å². The van der Waals surface area contributed by atoms with Crippen LogP contribution in [0.5, 0.6) is 5.75 Å². The van der Waals surface area contributed by atoms with Crippen molar-refractivity contribution in [1.82, 2.24) is 4.98 Å². The maximum Gasteiger partial charge on any atom is 0.352 e. The van der Waals surface area contributed by atoms with E-state index in [9.17, 15) is 4.79 Å². The normalized spacial score (nSPS) is 11.1. The summed E-state index contributed by atoms with van der Waals surface area (Å²) in [6, 6.07) is 9.03. The number of nitrogens with zero attached hydrogens (tertiary/aromatic N) is 1. The Morgan fingerprint density at radius 2 is 1.94 bits per heavy atom. The van der Waals surface area contributed by atoms with Crippen LogP contribution in [0, 0.1) is 6.92 Å². The van der Waals surface area contributed by atoms with Crippen molar-refractivity contribution in [3.8, 4) is 17.2 Å². The number of hydrogen-bond donors (Lipinski definition) is 0. The van der Waals surface area contributed by atoms with Crippen molar-refractivity contribution < 1.29 is 19.0 Å². The molecule has 2 aromatic carbocycles. The molecular weight excluding hydrogens is 473 g/mol. The van der Waals surface area contributed by atoms with Gasteiger partial charge in [-0.2, -0.15) is 0 Å². The smallest absolute Gasteiger partial charge is 0.352 e. The molecule has 180 valence electrons. The van der Waals surface area contributed by atoms with Gasteiger partial charge >= 0.3 is 5.97 Å². The van der Waals surface area contributed by atoms with Gasteiger partial charge < -0.3 is 4.42 Å². The number of allylic oxidation sites excluding steroid dienone is 1. The first kappa shape index (κ1) is 25.9. The third-order valence-corrected chi connectivity index (χ3v) is 6.16. The Morgan fingerprint density at radius 3 is 2.56 bits per heavy atom. The fourth-order valence-electron chi connectivity index (χ4n) is 3.89. The molecule has 0 N–H and O–H groups in total. The van der Waals surface area contributed by atoms with Crippen molar-refractivity contribution in [2.45, 2.75) is 59.8 Å². The largest absolute Gasteiger partial charge is 0.441 e. The molecule has 5 nitrogen and oxygen atoms in total. The molecular formula is C27H29Cl2NO4. The van der Waals surface area contributed by atoms with Gasteiger partial charge in [0.2, 0.25) is 5.89 Å². The Morgan fingerprint density at radius 1 is 1.21 bits per heavy atom. The average Bonchev–Trinajstić information content (AvgIpc) is 3.20. The second kappa shape index (κ2) is 11.1. The van der Waals surface area contributed by atoms with Gasteiger partial charge in [0, 0.05) is 23.4 Å². The lowest BCUT2D eigenvalue weighted by Gasteiger charge is -2.16. The number of aryl methyl sites for hydroxylation is 1. The maximum atomic E-state index is 11.1. The van der Waals surface area contributed by atoms with E-state index in [1.165, 1.54) is 6.92 Å². The van der Waals surface area contributed by atoms with E-state index in [1.54, 1.807) is 18.2 Å². The van der Waals surface area contributed by atoms with Crippen molar-refractivity contribution in [1.29, 1.82) is 0 Å². The highest BCUT2D eigenvalue weighted by atomic mass is 35.5. The summed E-state index contributed by atoms with van der Waals surface area (Å²) >= 11 is 12.4. The molecule has 1 aromatic heterocycles. The minimum Gasteiger partial charge on any atom is -0.441 e. The first-order valence-corrected chi connectivity index (χ1v) is 12.0. The molecule has 0 unspecified atom stereocenters. The van der Waals surface area contributed by atoms with Crippen LogP contribution in [0.3, 0.4) is 0 Å². The summed E-state index contributed by atoms with van der Waals surface area (Å²) in [6.45, 7) is 13.8. The molecule has 1 heterocycles. The van der Waals surface area contributed by atoms with Crippen LogP contribution in [0.15, 0.2) is 41.3 Å². The lowest BCUT2D eigenvalue weighted by Crippen LogP contribution is -2.06. The molecule has 7 heteroatoms. The van der Waals surface area contributed by atoms with Crippen LogP contribution in [0.2, 0.25) is 10.0 Å². The van der Waals surface area contributed by atoms with Crippen LogP contribution in [-0.4, -0.2) is 11.0 Å². The van der Waals surface area contributed by atoms with Crippen molar-refractivity contribution in [3.63, 3.8) is 0 Å². The molecule has 0 saturated heterocycles. The van der Waals surface area contributed by atoms with Crippen molar-refractivity contribution >= 4 is 34.7 Å². The minimum atomic E-state index is -0.501. The highest BCUT2D eigenvalue weighted by Gasteiger charge is 2.20. The highest BCUT2D eigenvalue weighted by molar-refractivity contribution is 6.36. The minimum absolute atomic E-state index is 0.168. The Kier molecular flexibility index (Phi) is 8.45. The first-order chi connectivity index (χ1) is 16.1. The van der Waals surface area contributed by atoms with E-state index >= 15 is 0 Å². The van der Waals surface area contributed by atoms with Gasteiger partial charge in [-0.25, -0.2) is 9.78 Å². The van der Waals surface area contributed by atoms with Crippen molar-refractivity contribution in [3.05, 3.63) is 75.1 Å². The summed E-state index contributed by atoms with van der Waals surface area (Å²) in [7, 11) is 0. The lowest BCUT2D eigenvalue weighted by molar-refractivity contribution is -0.211. The number of oxazole rings is 1. The van der Waals surface area contributed by atoms with Crippen LogP contribution in [0.25, 0.3) is 17.0 Å². The number of carbonyl (C=O) groups is 1. The molecule has 3 aromatic rings. The summed E-state index contributed by atoms with van der Waals surface area (Å²) in [6.07, 6.45) is 2.17. The third-order valence-electron chi connectivity index (χ3n) is 5.61. The SMILES string of the molecule is C=C(CCc1nc(-c2ccc(Cl)cc2Cl)oc1C(C)C)c1ccc(OOC(C)=O)c(C)c1CC. The molecule has 0 amide bonds. The Balaban J connectivity index is 1.83. The molecule has 0 radical (unpaired) electrons. The standard InChI is InChI=1S/C27H29Cl2NO4/c1-7-20-17(5)25(34-33-18(6)31)13-11-21(20)16(4)8-12-24-26(15(2)3)32-27(30-24)22-10-9-19(28)14-23(22)29/h9-11,13-15H,4,7-8,12H2,1-3,5-6H3. The zero-order valence-electron chi connectivity index (χ0n) is 20.1. The quantitative estimate of drug-likeness (QED) is 0.218. The van der Waals surface area contributed by atoms with Gasteiger partial charge in [-0.05, 0) is 67.2 Å².